The van der Waals surface area contributed by atoms with Gasteiger partial charge in [0.25, 0.3) is 0 Å². The minimum absolute atomic E-state index is 0. The Morgan fingerprint density at radius 3 is 2.12 bits per heavy atom. The van der Waals surface area contributed by atoms with E-state index in [0.717, 1.165) is 0 Å². The zero-order valence-electron chi connectivity index (χ0n) is 4.29. The predicted octanol–water partition coefficient (Wildman–Crippen LogP) is -0.619. The Morgan fingerprint density at radius 1 is 1.75 bits per heavy atom. The van der Waals surface area contributed by atoms with Gasteiger partial charge in [-0.05, 0) is 6.92 Å². The summed E-state index contributed by atoms with van der Waals surface area (Å²) in [5.41, 5.74) is 0. The fourth-order valence-corrected chi connectivity index (χ4v) is 0.0763. The summed E-state index contributed by atoms with van der Waals surface area (Å²) in [4.78, 5) is 12.9. The van der Waals surface area contributed by atoms with Crippen molar-refractivity contribution in [2.75, 3.05) is 0 Å². The minimum atomic E-state index is -1.25. The van der Waals surface area contributed by atoms with E-state index in [1.54, 1.807) is 0 Å². The van der Waals surface area contributed by atoms with E-state index in [1.807, 2.05) is 0 Å². The Balaban J connectivity index is 0. The average molecular weight is 154 g/mol. The maximum atomic E-state index is 9.79. The summed E-state index contributed by atoms with van der Waals surface area (Å²) >= 11 is 0. The van der Waals surface area contributed by atoms with E-state index in [9.17, 15) is 4.79 Å². The summed E-state index contributed by atoms with van der Waals surface area (Å²) in [6.45, 7) is 1.19. The van der Waals surface area contributed by atoms with Crippen molar-refractivity contribution < 1.29 is 41.8 Å². The van der Waals surface area contributed by atoms with Crippen LogP contribution in [0.5, 0.6) is 0 Å². The van der Waals surface area contributed by atoms with Gasteiger partial charge in [-0.15, -0.1) is 0 Å². The standard InChI is InChI=1S/C3H6O4.Ti/c1-2(4)3(5)7-6;/h2,4,6H,1H3;. The van der Waals surface area contributed by atoms with Gasteiger partial charge in [0, 0.05) is 21.7 Å². The van der Waals surface area contributed by atoms with Crippen LogP contribution in [-0.2, 0) is 31.4 Å². The van der Waals surface area contributed by atoms with Gasteiger partial charge in [0.1, 0.15) is 0 Å². The molecule has 0 saturated carbocycles. The van der Waals surface area contributed by atoms with Gasteiger partial charge in [-0.3, -0.25) is 4.89 Å². The van der Waals surface area contributed by atoms with Crippen molar-refractivity contribution >= 4 is 5.97 Å². The molecule has 4 nitrogen and oxygen atoms in total. The molecule has 0 aromatic heterocycles. The second kappa shape index (κ2) is 5.25. The molecule has 0 amide bonds. The van der Waals surface area contributed by atoms with Crippen LogP contribution in [0.2, 0.25) is 0 Å². The molecule has 46 valence electrons. The maximum absolute atomic E-state index is 9.79. The third kappa shape index (κ3) is 4.27. The molecular weight excluding hydrogens is 148 g/mol. The molecule has 0 aromatic carbocycles. The number of hydrogen-bond donors (Lipinski definition) is 2. The smallest absolute Gasteiger partial charge is 0.369 e. The third-order valence-electron chi connectivity index (χ3n) is 0.431. The van der Waals surface area contributed by atoms with Crippen molar-refractivity contribution in [3.05, 3.63) is 0 Å². The van der Waals surface area contributed by atoms with E-state index in [4.69, 9.17) is 10.4 Å². The van der Waals surface area contributed by atoms with E-state index in [-0.39, 0.29) is 21.7 Å². The monoisotopic (exact) mass is 154 g/mol. The average Bonchev–Trinajstić information content (AvgIpc) is 1.65. The summed E-state index contributed by atoms with van der Waals surface area (Å²) in [6.07, 6.45) is -1.25. The Hall–Kier alpha value is 0.104. The largest absolute Gasteiger partial charge is 0.382 e. The Labute approximate surface area is 61.3 Å². The van der Waals surface area contributed by atoms with Gasteiger partial charge < -0.3 is 5.11 Å². The number of carbonyl (C=O) groups excluding carboxylic acids is 1. The van der Waals surface area contributed by atoms with Crippen LogP contribution < -0.4 is 0 Å². The third-order valence-corrected chi connectivity index (χ3v) is 0.431. The summed E-state index contributed by atoms with van der Waals surface area (Å²) < 4.78 is 0. The van der Waals surface area contributed by atoms with Crippen LogP contribution in [-0.4, -0.2) is 22.4 Å². The summed E-state index contributed by atoms with van der Waals surface area (Å²) in [6, 6.07) is 0. The Bertz CT molecular complexity index is 71.7. The molecular formula is C3H6O4Ti. The van der Waals surface area contributed by atoms with E-state index in [0.29, 0.717) is 0 Å². The quantitative estimate of drug-likeness (QED) is 0.300. The first kappa shape index (κ1) is 11.0. The van der Waals surface area contributed by atoms with Gasteiger partial charge >= 0.3 is 5.97 Å². The van der Waals surface area contributed by atoms with Crippen molar-refractivity contribution in [3.63, 3.8) is 0 Å². The molecule has 0 aliphatic rings. The van der Waals surface area contributed by atoms with Crippen molar-refractivity contribution in [1.29, 1.82) is 0 Å². The van der Waals surface area contributed by atoms with E-state index in [1.165, 1.54) is 6.92 Å². The molecule has 1 atom stereocenters. The first-order chi connectivity index (χ1) is 3.18. The van der Waals surface area contributed by atoms with Crippen LogP contribution in [0.1, 0.15) is 6.92 Å². The molecule has 0 spiro atoms. The number of hydrogen-bond acceptors (Lipinski definition) is 4. The second-order valence-corrected chi connectivity index (χ2v) is 1.09. The molecule has 2 N–H and O–H groups in total. The van der Waals surface area contributed by atoms with Crippen LogP contribution >= 0.6 is 0 Å². The summed E-state index contributed by atoms with van der Waals surface area (Å²) in [7, 11) is 0. The molecule has 1 unspecified atom stereocenters. The van der Waals surface area contributed by atoms with E-state index >= 15 is 0 Å². The van der Waals surface area contributed by atoms with Gasteiger partial charge in [0.2, 0.25) is 0 Å². The SMILES string of the molecule is CC(O)C(=O)OO.[Ti]. The number of aliphatic hydroxyl groups excluding tert-OH is 1. The summed E-state index contributed by atoms with van der Waals surface area (Å²) in [5, 5.41) is 15.7. The zero-order valence-corrected chi connectivity index (χ0v) is 5.85. The molecule has 0 bridgehead atoms. The normalized spacial score (nSPS) is 11.4. The van der Waals surface area contributed by atoms with Gasteiger partial charge in [-0.25, -0.2) is 4.79 Å². The molecule has 0 radical (unpaired) electrons. The first-order valence-corrected chi connectivity index (χ1v) is 1.72. The van der Waals surface area contributed by atoms with Crippen LogP contribution in [0, 0.1) is 0 Å². The molecule has 0 fully saturated rings. The Morgan fingerprint density at radius 2 is 2.12 bits per heavy atom. The molecule has 5 heteroatoms. The molecule has 0 rings (SSSR count). The summed E-state index contributed by atoms with van der Waals surface area (Å²) in [5.74, 6) is -1.04. The van der Waals surface area contributed by atoms with Gasteiger partial charge in [-0.1, -0.05) is 0 Å². The van der Waals surface area contributed by atoms with Crippen LogP contribution in [0.4, 0.5) is 0 Å². The van der Waals surface area contributed by atoms with Crippen LogP contribution in [0.15, 0.2) is 0 Å². The maximum Gasteiger partial charge on any atom is 0.369 e. The first-order valence-electron chi connectivity index (χ1n) is 1.72. The van der Waals surface area contributed by atoms with Crippen LogP contribution in [0.3, 0.4) is 0 Å². The van der Waals surface area contributed by atoms with Gasteiger partial charge in [-0.2, -0.15) is 5.26 Å². The minimum Gasteiger partial charge on any atom is -0.382 e. The van der Waals surface area contributed by atoms with Crippen molar-refractivity contribution in [2.24, 2.45) is 0 Å². The molecule has 0 aliphatic heterocycles. The van der Waals surface area contributed by atoms with Gasteiger partial charge in [0.05, 0.1) is 0 Å². The molecule has 0 heterocycles. The van der Waals surface area contributed by atoms with E-state index < -0.39 is 12.1 Å². The van der Waals surface area contributed by atoms with Crippen LogP contribution in [0.25, 0.3) is 0 Å². The zero-order chi connectivity index (χ0) is 5.86. The molecule has 0 aromatic rings. The fourth-order valence-electron chi connectivity index (χ4n) is 0.0763. The van der Waals surface area contributed by atoms with Crippen molar-refractivity contribution in [3.8, 4) is 0 Å². The Kier molecular flexibility index (Phi) is 7.20. The number of aliphatic hydroxyl groups is 1. The van der Waals surface area contributed by atoms with Crippen molar-refractivity contribution in [2.45, 2.75) is 13.0 Å². The molecule has 8 heavy (non-hydrogen) atoms. The number of rotatable bonds is 1. The second-order valence-electron chi connectivity index (χ2n) is 1.09. The predicted molar refractivity (Wildman–Crippen MR) is 20.4 cm³/mol. The van der Waals surface area contributed by atoms with Gasteiger partial charge in [0.15, 0.2) is 6.10 Å². The fraction of sp³-hybridized carbons (Fsp3) is 0.667. The topological polar surface area (TPSA) is 66.8 Å². The number of carbonyl (C=O) groups is 1. The van der Waals surface area contributed by atoms with Crippen molar-refractivity contribution in [1.82, 2.24) is 0 Å². The molecule has 0 saturated heterocycles. The molecule has 0 aliphatic carbocycles. The van der Waals surface area contributed by atoms with E-state index in [2.05, 4.69) is 4.89 Å².